The summed E-state index contributed by atoms with van der Waals surface area (Å²) >= 11 is 1.23. The van der Waals surface area contributed by atoms with E-state index in [1.54, 1.807) is 0 Å². The Morgan fingerprint density at radius 1 is 0.912 bits per heavy atom. The van der Waals surface area contributed by atoms with Gasteiger partial charge in [-0.15, -0.1) is 10.2 Å². The minimum atomic E-state index is -0.524. The van der Waals surface area contributed by atoms with E-state index in [0.717, 1.165) is 11.3 Å². The fourth-order valence-corrected chi connectivity index (χ4v) is 4.22. The number of para-hydroxylation sites is 1. The van der Waals surface area contributed by atoms with E-state index in [0.29, 0.717) is 16.7 Å². The van der Waals surface area contributed by atoms with Crippen molar-refractivity contribution in [3.63, 3.8) is 0 Å². The molecule has 3 aromatic carbocycles. The SMILES string of the molecule is NC(=O)CCN(C(=O)CSc1nnc(-c2ccccc2)n1-c1ccccc1)c1ccc(F)cc1. The molecule has 0 atom stereocenters. The second kappa shape index (κ2) is 10.8. The van der Waals surface area contributed by atoms with Crippen molar-refractivity contribution in [1.82, 2.24) is 14.8 Å². The molecule has 1 heterocycles. The second-order valence-electron chi connectivity index (χ2n) is 7.37. The Kier molecular flexibility index (Phi) is 7.34. The topological polar surface area (TPSA) is 94.1 Å². The molecule has 1 aromatic heterocycles. The lowest BCUT2D eigenvalue weighted by atomic mass is 10.2. The molecular formula is C25H22FN5O2S. The number of carbonyl (C=O) groups excluding carboxylic acids is 2. The van der Waals surface area contributed by atoms with Crippen LogP contribution in [0.2, 0.25) is 0 Å². The number of hydrogen-bond acceptors (Lipinski definition) is 5. The zero-order valence-corrected chi connectivity index (χ0v) is 19.0. The van der Waals surface area contributed by atoms with Gasteiger partial charge in [-0.2, -0.15) is 0 Å². The summed E-state index contributed by atoms with van der Waals surface area (Å²) in [6.07, 6.45) is -0.00780. The number of aromatic nitrogens is 3. The van der Waals surface area contributed by atoms with Gasteiger partial charge in [0, 0.05) is 29.9 Å². The summed E-state index contributed by atoms with van der Waals surface area (Å²) in [4.78, 5) is 25.9. The Morgan fingerprint density at radius 2 is 1.56 bits per heavy atom. The van der Waals surface area contributed by atoms with Gasteiger partial charge in [-0.25, -0.2) is 4.39 Å². The van der Waals surface area contributed by atoms with Gasteiger partial charge in [0.25, 0.3) is 0 Å². The van der Waals surface area contributed by atoms with Crippen molar-refractivity contribution in [2.24, 2.45) is 5.73 Å². The summed E-state index contributed by atoms with van der Waals surface area (Å²) in [6.45, 7) is 0.0982. The second-order valence-corrected chi connectivity index (χ2v) is 8.31. The molecule has 0 saturated heterocycles. The van der Waals surface area contributed by atoms with E-state index in [1.807, 2.05) is 65.2 Å². The van der Waals surface area contributed by atoms with Crippen LogP contribution in [0.25, 0.3) is 17.1 Å². The van der Waals surface area contributed by atoms with Gasteiger partial charge in [0.15, 0.2) is 11.0 Å². The predicted octanol–water partition coefficient (Wildman–Crippen LogP) is 4.07. The molecule has 0 radical (unpaired) electrons. The highest BCUT2D eigenvalue weighted by atomic mass is 32.2. The maximum Gasteiger partial charge on any atom is 0.237 e. The van der Waals surface area contributed by atoms with Crippen LogP contribution in [0.3, 0.4) is 0 Å². The number of nitrogens with zero attached hydrogens (tertiary/aromatic N) is 4. The molecule has 2 N–H and O–H groups in total. The van der Waals surface area contributed by atoms with Gasteiger partial charge in [0.05, 0.1) is 5.75 Å². The number of primary amides is 1. The Balaban J connectivity index is 1.60. The van der Waals surface area contributed by atoms with Gasteiger partial charge in [0.1, 0.15) is 5.82 Å². The number of hydrogen-bond donors (Lipinski definition) is 1. The van der Waals surface area contributed by atoms with Crippen LogP contribution in [0, 0.1) is 5.82 Å². The van der Waals surface area contributed by atoms with Crippen molar-refractivity contribution in [1.29, 1.82) is 0 Å². The molecular weight excluding hydrogens is 453 g/mol. The van der Waals surface area contributed by atoms with Crippen LogP contribution in [-0.4, -0.2) is 38.9 Å². The molecule has 34 heavy (non-hydrogen) atoms. The third kappa shape index (κ3) is 5.49. The number of carbonyl (C=O) groups is 2. The Morgan fingerprint density at radius 3 is 2.21 bits per heavy atom. The van der Waals surface area contributed by atoms with Crippen LogP contribution in [-0.2, 0) is 9.59 Å². The van der Waals surface area contributed by atoms with Gasteiger partial charge in [0.2, 0.25) is 11.8 Å². The number of rotatable bonds is 9. The Hall–Kier alpha value is -3.98. The molecule has 4 aromatic rings. The van der Waals surface area contributed by atoms with E-state index in [4.69, 9.17) is 5.73 Å². The van der Waals surface area contributed by atoms with Gasteiger partial charge in [-0.05, 0) is 36.4 Å². The van der Waals surface area contributed by atoms with E-state index >= 15 is 0 Å². The molecule has 4 rings (SSSR count). The zero-order valence-electron chi connectivity index (χ0n) is 18.2. The summed E-state index contributed by atoms with van der Waals surface area (Å²) in [5, 5.41) is 9.27. The average Bonchev–Trinajstić information content (AvgIpc) is 3.29. The van der Waals surface area contributed by atoms with Gasteiger partial charge in [-0.3, -0.25) is 14.2 Å². The minimum absolute atomic E-state index is 0.00780. The molecule has 0 saturated carbocycles. The van der Waals surface area contributed by atoms with Crippen molar-refractivity contribution in [2.75, 3.05) is 17.2 Å². The van der Waals surface area contributed by atoms with E-state index < -0.39 is 11.7 Å². The van der Waals surface area contributed by atoms with Crippen molar-refractivity contribution in [3.8, 4) is 17.1 Å². The first-order valence-electron chi connectivity index (χ1n) is 10.6. The number of halogens is 1. The number of thioether (sulfide) groups is 1. The molecule has 0 spiro atoms. The van der Waals surface area contributed by atoms with Crippen molar-refractivity contribution in [3.05, 3.63) is 90.7 Å². The molecule has 2 amide bonds. The van der Waals surface area contributed by atoms with Crippen molar-refractivity contribution in [2.45, 2.75) is 11.6 Å². The molecule has 0 aliphatic carbocycles. The van der Waals surface area contributed by atoms with E-state index in [1.165, 1.54) is 40.9 Å². The van der Waals surface area contributed by atoms with E-state index in [2.05, 4.69) is 10.2 Å². The zero-order chi connectivity index (χ0) is 23.9. The monoisotopic (exact) mass is 475 g/mol. The number of nitrogens with two attached hydrogens (primary N) is 1. The summed E-state index contributed by atoms with van der Waals surface area (Å²) in [7, 11) is 0. The normalized spacial score (nSPS) is 10.7. The quantitative estimate of drug-likeness (QED) is 0.368. The van der Waals surface area contributed by atoms with Crippen LogP contribution in [0.1, 0.15) is 6.42 Å². The average molecular weight is 476 g/mol. The third-order valence-electron chi connectivity index (χ3n) is 5.03. The summed E-state index contributed by atoms with van der Waals surface area (Å²) < 4.78 is 15.3. The van der Waals surface area contributed by atoms with Crippen LogP contribution in [0.5, 0.6) is 0 Å². The van der Waals surface area contributed by atoms with Crippen LogP contribution >= 0.6 is 11.8 Å². The lowest BCUT2D eigenvalue weighted by Gasteiger charge is -2.22. The summed E-state index contributed by atoms with van der Waals surface area (Å²) in [5.41, 5.74) is 7.54. The largest absolute Gasteiger partial charge is 0.370 e. The highest BCUT2D eigenvalue weighted by molar-refractivity contribution is 7.99. The third-order valence-corrected chi connectivity index (χ3v) is 5.94. The van der Waals surface area contributed by atoms with Crippen LogP contribution in [0.15, 0.2) is 90.1 Å². The molecule has 0 fully saturated rings. The van der Waals surface area contributed by atoms with Crippen LogP contribution in [0.4, 0.5) is 10.1 Å². The highest BCUT2D eigenvalue weighted by Crippen LogP contribution is 2.28. The van der Waals surface area contributed by atoms with E-state index in [9.17, 15) is 14.0 Å². The fourth-order valence-electron chi connectivity index (χ4n) is 3.39. The molecule has 0 aliphatic rings. The fraction of sp³-hybridized carbons (Fsp3) is 0.120. The van der Waals surface area contributed by atoms with Gasteiger partial charge < -0.3 is 10.6 Å². The van der Waals surface area contributed by atoms with Crippen molar-refractivity contribution >= 4 is 29.3 Å². The molecule has 0 bridgehead atoms. The number of anilines is 1. The first kappa shape index (κ1) is 23.2. The molecule has 172 valence electrons. The van der Waals surface area contributed by atoms with Gasteiger partial charge in [-0.1, -0.05) is 60.3 Å². The smallest absolute Gasteiger partial charge is 0.237 e. The molecule has 9 heteroatoms. The summed E-state index contributed by atoms with van der Waals surface area (Å²) in [6, 6.07) is 24.9. The minimum Gasteiger partial charge on any atom is -0.370 e. The first-order valence-corrected chi connectivity index (χ1v) is 11.5. The Labute approximate surface area is 200 Å². The predicted molar refractivity (Wildman–Crippen MR) is 130 cm³/mol. The standard InChI is InChI=1S/C25H22FN5O2S/c26-19-11-13-20(14-12-19)30(16-15-22(27)32)23(33)17-34-25-29-28-24(18-7-3-1-4-8-18)31(25)21-9-5-2-6-10-21/h1-14H,15-17H2,(H2,27,32). The first-order chi connectivity index (χ1) is 16.5. The maximum absolute atomic E-state index is 13.4. The lowest BCUT2D eigenvalue weighted by molar-refractivity contribution is -0.118. The summed E-state index contributed by atoms with van der Waals surface area (Å²) in [5.74, 6) is -0.503. The van der Waals surface area contributed by atoms with Crippen LogP contribution < -0.4 is 10.6 Å². The van der Waals surface area contributed by atoms with Crippen molar-refractivity contribution < 1.29 is 14.0 Å². The number of amides is 2. The highest BCUT2D eigenvalue weighted by Gasteiger charge is 2.21. The molecule has 0 aliphatic heterocycles. The Bertz CT molecular complexity index is 1260. The molecule has 0 unspecified atom stereocenters. The molecule has 7 nitrogen and oxygen atoms in total. The van der Waals surface area contributed by atoms with E-state index in [-0.39, 0.29) is 24.6 Å². The maximum atomic E-state index is 13.4. The lowest BCUT2D eigenvalue weighted by Crippen LogP contribution is -2.35. The van der Waals surface area contributed by atoms with Gasteiger partial charge >= 0.3 is 0 Å². The number of benzene rings is 3.